The van der Waals surface area contributed by atoms with Crippen LogP contribution in [0.25, 0.3) is 0 Å². The Morgan fingerprint density at radius 2 is 1.70 bits per heavy atom. The van der Waals surface area contributed by atoms with Gasteiger partial charge in [-0.05, 0) is 48.7 Å². The summed E-state index contributed by atoms with van der Waals surface area (Å²) in [7, 11) is 3.93. The molecule has 1 amide bonds. The van der Waals surface area contributed by atoms with Crippen molar-refractivity contribution in [2.75, 3.05) is 32.2 Å². The van der Waals surface area contributed by atoms with Gasteiger partial charge in [0.05, 0.1) is 0 Å². The van der Waals surface area contributed by atoms with E-state index in [9.17, 15) is 9.59 Å². The SMILES string of the molecule is Cc1ccc(C)c(OCC(=O)OCC(=O)NCc2ccc(N(C)C)cc2)c1. The van der Waals surface area contributed by atoms with Crippen LogP contribution in [0.15, 0.2) is 42.5 Å². The van der Waals surface area contributed by atoms with Gasteiger partial charge in [0.2, 0.25) is 0 Å². The summed E-state index contributed by atoms with van der Waals surface area (Å²) in [5.41, 5.74) is 4.04. The van der Waals surface area contributed by atoms with E-state index in [1.807, 2.05) is 75.3 Å². The first-order valence-corrected chi connectivity index (χ1v) is 8.74. The molecule has 6 heteroatoms. The molecule has 0 aliphatic carbocycles. The second kappa shape index (κ2) is 9.62. The molecule has 0 saturated heterocycles. The van der Waals surface area contributed by atoms with E-state index in [0.717, 1.165) is 22.4 Å². The van der Waals surface area contributed by atoms with E-state index in [1.54, 1.807) is 0 Å². The lowest BCUT2D eigenvalue weighted by molar-refractivity contribution is -0.150. The van der Waals surface area contributed by atoms with Crippen LogP contribution in [0.5, 0.6) is 5.75 Å². The molecule has 27 heavy (non-hydrogen) atoms. The molecular weight excluding hydrogens is 344 g/mol. The van der Waals surface area contributed by atoms with Crippen molar-refractivity contribution in [1.29, 1.82) is 0 Å². The summed E-state index contributed by atoms with van der Waals surface area (Å²) in [6, 6.07) is 13.6. The average Bonchev–Trinajstić information content (AvgIpc) is 2.65. The summed E-state index contributed by atoms with van der Waals surface area (Å²) >= 11 is 0. The lowest BCUT2D eigenvalue weighted by Crippen LogP contribution is -2.29. The van der Waals surface area contributed by atoms with Crippen molar-refractivity contribution < 1.29 is 19.1 Å². The number of benzene rings is 2. The predicted octanol–water partition coefficient (Wildman–Crippen LogP) is 2.61. The number of carbonyl (C=O) groups excluding carboxylic acids is 2. The largest absolute Gasteiger partial charge is 0.482 e. The summed E-state index contributed by atoms with van der Waals surface area (Å²) in [5, 5.41) is 2.72. The quantitative estimate of drug-likeness (QED) is 0.724. The van der Waals surface area contributed by atoms with Gasteiger partial charge in [-0.25, -0.2) is 4.79 Å². The van der Waals surface area contributed by atoms with Crippen LogP contribution in [0.3, 0.4) is 0 Å². The van der Waals surface area contributed by atoms with Gasteiger partial charge in [0.25, 0.3) is 5.91 Å². The maximum atomic E-state index is 11.8. The van der Waals surface area contributed by atoms with Gasteiger partial charge in [0.1, 0.15) is 5.75 Å². The number of anilines is 1. The normalized spacial score (nSPS) is 10.2. The van der Waals surface area contributed by atoms with Crippen LogP contribution in [0, 0.1) is 13.8 Å². The van der Waals surface area contributed by atoms with Gasteiger partial charge in [-0.3, -0.25) is 4.79 Å². The van der Waals surface area contributed by atoms with Crippen molar-refractivity contribution >= 4 is 17.6 Å². The van der Waals surface area contributed by atoms with Crippen molar-refractivity contribution in [3.63, 3.8) is 0 Å². The van der Waals surface area contributed by atoms with Crippen LogP contribution >= 0.6 is 0 Å². The molecule has 0 heterocycles. The van der Waals surface area contributed by atoms with Gasteiger partial charge in [-0.15, -0.1) is 0 Å². The van der Waals surface area contributed by atoms with Gasteiger partial charge in [0.15, 0.2) is 13.2 Å². The maximum absolute atomic E-state index is 11.8. The third kappa shape index (κ3) is 6.66. The van der Waals surface area contributed by atoms with Crippen LogP contribution in [0.2, 0.25) is 0 Å². The number of amides is 1. The van der Waals surface area contributed by atoms with E-state index in [0.29, 0.717) is 12.3 Å². The smallest absolute Gasteiger partial charge is 0.344 e. The number of esters is 1. The van der Waals surface area contributed by atoms with Crippen LogP contribution in [-0.2, 0) is 20.9 Å². The Morgan fingerprint density at radius 3 is 2.37 bits per heavy atom. The molecule has 144 valence electrons. The molecule has 0 aromatic heterocycles. The zero-order valence-corrected chi connectivity index (χ0v) is 16.2. The number of nitrogens with one attached hydrogen (secondary N) is 1. The molecule has 0 bridgehead atoms. The molecule has 0 aliphatic rings. The number of carbonyl (C=O) groups is 2. The molecule has 2 aromatic carbocycles. The Labute approximate surface area is 160 Å². The summed E-state index contributed by atoms with van der Waals surface area (Å²) in [6.45, 7) is 3.67. The lowest BCUT2D eigenvalue weighted by atomic mass is 10.1. The number of ether oxygens (including phenoxy) is 2. The molecule has 0 spiro atoms. The predicted molar refractivity (Wildman–Crippen MR) is 105 cm³/mol. The van der Waals surface area contributed by atoms with Crippen LogP contribution < -0.4 is 15.0 Å². The molecule has 2 rings (SSSR count). The monoisotopic (exact) mass is 370 g/mol. The van der Waals surface area contributed by atoms with Crippen molar-refractivity contribution in [3.8, 4) is 5.75 Å². The number of hydrogen-bond donors (Lipinski definition) is 1. The van der Waals surface area contributed by atoms with E-state index in [1.165, 1.54) is 0 Å². The highest BCUT2D eigenvalue weighted by Gasteiger charge is 2.09. The Balaban J connectivity index is 1.70. The molecule has 0 radical (unpaired) electrons. The van der Waals surface area contributed by atoms with Crippen molar-refractivity contribution in [2.45, 2.75) is 20.4 Å². The van der Waals surface area contributed by atoms with Crippen LogP contribution in [-0.4, -0.2) is 39.2 Å². The molecule has 2 aromatic rings. The highest BCUT2D eigenvalue weighted by atomic mass is 16.6. The minimum atomic E-state index is -0.582. The molecule has 1 N–H and O–H groups in total. The van der Waals surface area contributed by atoms with E-state index in [-0.39, 0.29) is 19.1 Å². The standard InChI is InChI=1S/C21H26N2O4/c1-15-5-6-16(2)19(11-15)26-14-21(25)27-13-20(24)22-12-17-7-9-18(10-8-17)23(3)4/h5-11H,12-14H2,1-4H3,(H,22,24). The Morgan fingerprint density at radius 1 is 1.00 bits per heavy atom. The zero-order valence-electron chi connectivity index (χ0n) is 16.2. The van der Waals surface area contributed by atoms with E-state index in [2.05, 4.69) is 5.32 Å². The summed E-state index contributed by atoms with van der Waals surface area (Å²) in [4.78, 5) is 25.6. The highest BCUT2D eigenvalue weighted by molar-refractivity contribution is 5.80. The van der Waals surface area contributed by atoms with Gasteiger partial charge >= 0.3 is 5.97 Å². The van der Waals surface area contributed by atoms with Gasteiger partial charge in [-0.1, -0.05) is 24.3 Å². The van der Waals surface area contributed by atoms with E-state index in [4.69, 9.17) is 9.47 Å². The van der Waals surface area contributed by atoms with Crippen molar-refractivity contribution in [2.24, 2.45) is 0 Å². The maximum Gasteiger partial charge on any atom is 0.344 e. The molecule has 0 unspecified atom stereocenters. The zero-order chi connectivity index (χ0) is 19.8. The minimum absolute atomic E-state index is 0.233. The van der Waals surface area contributed by atoms with Crippen LogP contribution in [0.1, 0.15) is 16.7 Å². The molecular formula is C21H26N2O4. The summed E-state index contributed by atoms with van der Waals surface area (Å²) < 4.78 is 10.4. The van der Waals surface area contributed by atoms with Gasteiger partial charge < -0.3 is 19.7 Å². The molecule has 0 fully saturated rings. The fraction of sp³-hybridized carbons (Fsp3) is 0.333. The van der Waals surface area contributed by atoms with Gasteiger partial charge in [0, 0.05) is 26.3 Å². The fourth-order valence-corrected chi connectivity index (χ4v) is 2.35. The second-order valence-corrected chi connectivity index (χ2v) is 6.56. The number of hydrogen-bond acceptors (Lipinski definition) is 5. The van der Waals surface area contributed by atoms with Gasteiger partial charge in [-0.2, -0.15) is 0 Å². The first-order chi connectivity index (χ1) is 12.8. The second-order valence-electron chi connectivity index (χ2n) is 6.56. The first-order valence-electron chi connectivity index (χ1n) is 8.74. The third-order valence-electron chi connectivity index (χ3n) is 4.00. The Kier molecular flexibility index (Phi) is 7.23. The topological polar surface area (TPSA) is 67.9 Å². The summed E-state index contributed by atoms with van der Waals surface area (Å²) in [5.74, 6) is -0.300. The molecule has 6 nitrogen and oxygen atoms in total. The summed E-state index contributed by atoms with van der Waals surface area (Å²) in [6.07, 6.45) is 0. The lowest BCUT2D eigenvalue weighted by Gasteiger charge is -2.13. The molecule has 0 aliphatic heterocycles. The van der Waals surface area contributed by atoms with Crippen molar-refractivity contribution in [3.05, 3.63) is 59.2 Å². The van der Waals surface area contributed by atoms with Crippen molar-refractivity contribution in [1.82, 2.24) is 5.32 Å². The minimum Gasteiger partial charge on any atom is -0.482 e. The van der Waals surface area contributed by atoms with E-state index >= 15 is 0 Å². The fourth-order valence-electron chi connectivity index (χ4n) is 2.35. The number of rotatable bonds is 8. The average molecular weight is 370 g/mol. The Hall–Kier alpha value is -3.02. The van der Waals surface area contributed by atoms with Crippen LogP contribution in [0.4, 0.5) is 5.69 Å². The van der Waals surface area contributed by atoms with E-state index < -0.39 is 5.97 Å². The Bertz CT molecular complexity index is 785. The molecule has 0 atom stereocenters. The number of nitrogens with zero attached hydrogens (tertiary/aromatic N) is 1. The number of aryl methyl sites for hydroxylation is 2. The highest BCUT2D eigenvalue weighted by Crippen LogP contribution is 2.18. The molecule has 0 saturated carbocycles. The third-order valence-corrected chi connectivity index (χ3v) is 4.00. The first kappa shape index (κ1) is 20.3.